The molecule has 5 heterocycles. The number of benzene rings is 1. The molecule has 1 aromatic carbocycles. The van der Waals surface area contributed by atoms with Gasteiger partial charge in [-0.05, 0) is 25.1 Å². The van der Waals surface area contributed by atoms with E-state index in [2.05, 4.69) is 27.1 Å². The van der Waals surface area contributed by atoms with Crippen molar-refractivity contribution in [2.75, 3.05) is 91.3 Å². The van der Waals surface area contributed by atoms with E-state index in [-0.39, 0.29) is 12.5 Å². The fourth-order valence-corrected chi connectivity index (χ4v) is 5.40. The summed E-state index contributed by atoms with van der Waals surface area (Å²) in [6.45, 7) is 8.50. The van der Waals surface area contributed by atoms with Crippen molar-refractivity contribution in [2.45, 2.75) is 13.3 Å². The topological polar surface area (TPSA) is 129 Å². The number of urea groups is 1. The first kappa shape index (κ1) is 27.0. The first-order valence-electron chi connectivity index (χ1n) is 13.8. The van der Waals surface area contributed by atoms with Crippen molar-refractivity contribution in [2.24, 2.45) is 0 Å². The number of aromatic nitrogens is 4. The maximum atomic E-state index is 15.2. The van der Waals surface area contributed by atoms with Gasteiger partial charge in [0.15, 0.2) is 11.6 Å². The number of piperazine rings is 1. The molecule has 0 spiro atoms. The molecule has 2 amide bonds. The molecule has 0 radical (unpaired) electrons. The van der Waals surface area contributed by atoms with Gasteiger partial charge in [-0.3, -0.25) is 4.90 Å². The average Bonchev–Trinajstić information content (AvgIpc) is 3.43. The van der Waals surface area contributed by atoms with Crippen LogP contribution in [0.2, 0.25) is 0 Å². The number of ether oxygens (including phenoxy) is 1. The SMILES string of the molecule is CCN1CCN(c2cc(F)c(NC(=O)N3CCc4c(-c5cnc(N)nc5)nc(N5CCOCC5)nc43)c(F)c2)CC1. The molecule has 3 aliphatic heterocycles. The van der Waals surface area contributed by atoms with Gasteiger partial charge in [-0.25, -0.2) is 28.5 Å². The second kappa shape index (κ2) is 11.4. The van der Waals surface area contributed by atoms with Crippen LogP contribution >= 0.6 is 0 Å². The number of nitrogens with zero attached hydrogens (tertiary/aromatic N) is 8. The monoisotopic (exact) mass is 566 g/mol. The van der Waals surface area contributed by atoms with Crippen LogP contribution in [0.1, 0.15) is 12.5 Å². The summed E-state index contributed by atoms with van der Waals surface area (Å²) in [5.41, 5.74) is 7.57. The Labute approximate surface area is 236 Å². The van der Waals surface area contributed by atoms with E-state index in [0.717, 1.165) is 19.6 Å². The minimum Gasteiger partial charge on any atom is -0.378 e. The molecule has 3 N–H and O–H groups in total. The number of amides is 2. The van der Waals surface area contributed by atoms with E-state index in [0.29, 0.717) is 80.1 Å². The van der Waals surface area contributed by atoms with E-state index in [1.165, 1.54) is 17.0 Å². The van der Waals surface area contributed by atoms with Crippen LogP contribution in [-0.4, -0.2) is 96.4 Å². The molecule has 12 nitrogen and oxygen atoms in total. The van der Waals surface area contributed by atoms with Crippen LogP contribution < -0.4 is 25.8 Å². The van der Waals surface area contributed by atoms with Gasteiger partial charge in [-0.2, -0.15) is 4.98 Å². The van der Waals surface area contributed by atoms with Gasteiger partial charge in [0.05, 0.1) is 18.9 Å². The predicted molar refractivity (Wildman–Crippen MR) is 151 cm³/mol. The highest BCUT2D eigenvalue weighted by Crippen LogP contribution is 2.36. The highest BCUT2D eigenvalue weighted by Gasteiger charge is 2.33. The van der Waals surface area contributed by atoms with Gasteiger partial charge in [0, 0.05) is 75.0 Å². The van der Waals surface area contributed by atoms with Gasteiger partial charge < -0.3 is 30.5 Å². The maximum absolute atomic E-state index is 15.2. The number of hydrogen-bond acceptors (Lipinski definition) is 10. The van der Waals surface area contributed by atoms with Crippen LogP contribution in [0.25, 0.3) is 11.3 Å². The van der Waals surface area contributed by atoms with Crippen molar-refractivity contribution in [3.63, 3.8) is 0 Å². The van der Waals surface area contributed by atoms with Crippen molar-refractivity contribution >= 4 is 35.1 Å². The van der Waals surface area contributed by atoms with Crippen molar-refractivity contribution < 1.29 is 18.3 Å². The molecule has 3 aromatic rings. The molecule has 14 heteroatoms. The molecule has 41 heavy (non-hydrogen) atoms. The average molecular weight is 567 g/mol. The molecular formula is C27H32F2N10O2. The predicted octanol–water partition coefficient (Wildman–Crippen LogP) is 2.37. The lowest BCUT2D eigenvalue weighted by Crippen LogP contribution is -2.46. The number of fused-ring (bicyclic) bond motifs is 1. The summed E-state index contributed by atoms with van der Waals surface area (Å²) >= 11 is 0. The Balaban J connectivity index is 1.28. The van der Waals surface area contributed by atoms with Gasteiger partial charge in [0.25, 0.3) is 0 Å². The summed E-state index contributed by atoms with van der Waals surface area (Å²) in [6.07, 6.45) is 3.59. The quantitative estimate of drug-likeness (QED) is 0.475. The summed E-state index contributed by atoms with van der Waals surface area (Å²) in [4.78, 5) is 38.7. The van der Waals surface area contributed by atoms with Crippen LogP contribution in [0, 0.1) is 11.6 Å². The molecule has 0 atom stereocenters. The maximum Gasteiger partial charge on any atom is 0.327 e. The lowest BCUT2D eigenvalue weighted by Gasteiger charge is -2.35. The summed E-state index contributed by atoms with van der Waals surface area (Å²) in [5, 5.41) is 2.45. The second-order valence-electron chi connectivity index (χ2n) is 10.1. The fraction of sp³-hybridized carbons (Fsp3) is 0.444. The number of carbonyl (C=O) groups is 1. The van der Waals surface area contributed by atoms with Crippen LogP contribution in [0.4, 0.5) is 42.7 Å². The molecule has 2 fully saturated rings. The third-order valence-electron chi connectivity index (χ3n) is 7.74. The number of morpholine rings is 1. The van der Waals surface area contributed by atoms with Crippen LogP contribution in [0.5, 0.6) is 0 Å². The molecule has 0 unspecified atom stereocenters. The number of rotatable bonds is 5. The Hall–Kier alpha value is -4.17. The van der Waals surface area contributed by atoms with Gasteiger partial charge in [0.1, 0.15) is 11.5 Å². The minimum atomic E-state index is -0.831. The molecule has 3 aliphatic rings. The molecule has 0 aliphatic carbocycles. The van der Waals surface area contributed by atoms with E-state index in [9.17, 15) is 4.79 Å². The third kappa shape index (κ3) is 5.44. The molecule has 2 aromatic heterocycles. The normalized spacial score (nSPS) is 17.6. The molecule has 2 saturated heterocycles. The zero-order chi connectivity index (χ0) is 28.5. The Morgan fingerprint density at radius 3 is 2.32 bits per heavy atom. The van der Waals surface area contributed by atoms with Gasteiger partial charge >= 0.3 is 6.03 Å². The van der Waals surface area contributed by atoms with E-state index in [1.54, 1.807) is 12.4 Å². The summed E-state index contributed by atoms with van der Waals surface area (Å²) in [7, 11) is 0. The third-order valence-corrected chi connectivity index (χ3v) is 7.74. The fourth-order valence-electron chi connectivity index (χ4n) is 5.40. The standard InChI is InChI=1S/C27H32F2N10O2/c1-2-36-5-7-37(8-6-36)18-13-20(28)23(21(29)14-18)34-27(40)39-4-3-19-22(17-15-31-25(30)32-16-17)33-26(35-24(19)39)38-9-11-41-12-10-38/h13-16H,2-12H2,1H3,(H,34,40)(H2,30,31,32). The smallest absolute Gasteiger partial charge is 0.327 e. The van der Waals surface area contributed by atoms with Crippen molar-refractivity contribution in [3.8, 4) is 11.3 Å². The highest BCUT2D eigenvalue weighted by atomic mass is 19.1. The van der Waals surface area contributed by atoms with Crippen molar-refractivity contribution in [1.82, 2.24) is 24.8 Å². The van der Waals surface area contributed by atoms with Gasteiger partial charge in [-0.1, -0.05) is 6.92 Å². The number of nitrogens with two attached hydrogens (primary N) is 1. The Morgan fingerprint density at radius 1 is 0.976 bits per heavy atom. The lowest BCUT2D eigenvalue weighted by atomic mass is 10.1. The van der Waals surface area contributed by atoms with E-state index in [4.69, 9.17) is 20.4 Å². The summed E-state index contributed by atoms with van der Waals surface area (Å²) < 4.78 is 35.9. The van der Waals surface area contributed by atoms with Crippen LogP contribution in [0.15, 0.2) is 24.5 Å². The molecule has 216 valence electrons. The number of carbonyl (C=O) groups excluding carboxylic acids is 1. The highest BCUT2D eigenvalue weighted by molar-refractivity contribution is 6.03. The summed E-state index contributed by atoms with van der Waals surface area (Å²) in [5.74, 6) is -0.739. The first-order valence-corrected chi connectivity index (χ1v) is 13.8. The van der Waals surface area contributed by atoms with E-state index >= 15 is 8.78 Å². The number of nitrogen functional groups attached to an aromatic ring is 1. The number of halogens is 2. The van der Waals surface area contributed by atoms with Crippen LogP contribution in [0.3, 0.4) is 0 Å². The Morgan fingerprint density at radius 2 is 1.66 bits per heavy atom. The zero-order valence-corrected chi connectivity index (χ0v) is 22.8. The molecule has 0 saturated carbocycles. The lowest BCUT2D eigenvalue weighted by molar-refractivity contribution is 0.122. The van der Waals surface area contributed by atoms with Crippen LogP contribution in [-0.2, 0) is 11.2 Å². The number of hydrogen-bond donors (Lipinski definition) is 2. The number of likely N-dealkylation sites (N-methyl/N-ethyl adjacent to an activating group) is 1. The second-order valence-corrected chi connectivity index (χ2v) is 10.1. The zero-order valence-electron chi connectivity index (χ0n) is 22.8. The largest absolute Gasteiger partial charge is 0.378 e. The number of anilines is 5. The first-order chi connectivity index (χ1) is 19.9. The Bertz CT molecular complexity index is 1400. The Kier molecular flexibility index (Phi) is 7.49. The minimum absolute atomic E-state index is 0.132. The summed E-state index contributed by atoms with van der Waals surface area (Å²) in [6, 6.07) is 1.86. The van der Waals surface area contributed by atoms with Crippen molar-refractivity contribution in [3.05, 3.63) is 41.7 Å². The van der Waals surface area contributed by atoms with Gasteiger partial charge in [0.2, 0.25) is 11.9 Å². The van der Waals surface area contributed by atoms with E-state index in [1.807, 2.05) is 9.80 Å². The molecule has 6 rings (SSSR count). The molecule has 0 bridgehead atoms. The van der Waals surface area contributed by atoms with Crippen molar-refractivity contribution in [1.29, 1.82) is 0 Å². The number of nitrogens with one attached hydrogen (secondary N) is 1. The van der Waals surface area contributed by atoms with Gasteiger partial charge in [-0.15, -0.1) is 0 Å². The molecular weight excluding hydrogens is 534 g/mol. The van der Waals surface area contributed by atoms with E-state index < -0.39 is 23.4 Å².